The van der Waals surface area contributed by atoms with Gasteiger partial charge in [-0.25, -0.2) is 0 Å². The molecule has 2 N–H and O–H groups in total. The lowest BCUT2D eigenvalue weighted by atomic mass is 9.61. The van der Waals surface area contributed by atoms with E-state index in [9.17, 15) is 14.4 Å². The molecule has 6 nitrogen and oxygen atoms in total. The van der Waals surface area contributed by atoms with Gasteiger partial charge in [0.1, 0.15) is 6.04 Å². The van der Waals surface area contributed by atoms with Crippen LogP contribution in [0, 0.1) is 0 Å². The normalized spacial score (nSPS) is 21.9. The Bertz CT molecular complexity index is 1010. The Balaban J connectivity index is 1.35. The standard InChI is InChI=1S/C23H23N3O3/c27-20(12-19-22(29)24-18-9-4-2-7-16(18)21(28)25-19)26-13-15-6-1-3-8-17(15)23(14-26)10-5-11-23/h1-4,6-9,19H,5,10-14H2,(H,24,29)(H,25,28)/t19-/m0/s1. The highest BCUT2D eigenvalue weighted by Crippen LogP contribution is 2.48. The molecule has 0 saturated heterocycles. The Morgan fingerprint density at radius 1 is 1.07 bits per heavy atom. The summed E-state index contributed by atoms with van der Waals surface area (Å²) in [6.45, 7) is 1.24. The van der Waals surface area contributed by atoms with E-state index in [1.807, 2.05) is 11.0 Å². The Morgan fingerprint density at radius 3 is 2.62 bits per heavy atom. The highest BCUT2D eigenvalue weighted by Gasteiger charge is 2.45. The smallest absolute Gasteiger partial charge is 0.254 e. The van der Waals surface area contributed by atoms with E-state index in [1.165, 1.54) is 17.5 Å². The second-order valence-electron chi connectivity index (χ2n) is 8.31. The molecule has 1 fully saturated rings. The second-order valence-corrected chi connectivity index (χ2v) is 8.31. The van der Waals surface area contributed by atoms with Crippen LogP contribution in [-0.2, 0) is 21.5 Å². The molecule has 1 atom stereocenters. The molecule has 0 bridgehead atoms. The van der Waals surface area contributed by atoms with E-state index >= 15 is 0 Å². The molecule has 3 amide bonds. The molecule has 1 saturated carbocycles. The lowest BCUT2D eigenvalue weighted by Crippen LogP contribution is -2.53. The van der Waals surface area contributed by atoms with Crippen molar-refractivity contribution >= 4 is 23.4 Å². The molecule has 1 spiro atoms. The molecule has 0 unspecified atom stereocenters. The number of hydrogen-bond donors (Lipinski definition) is 2. The average Bonchev–Trinajstić information content (AvgIpc) is 2.82. The molecule has 2 aliphatic heterocycles. The van der Waals surface area contributed by atoms with Gasteiger partial charge in [-0.3, -0.25) is 14.4 Å². The summed E-state index contributed by atoms with van der Waals surface area (Å²) in [7, 11) is 0. The monoisotopic (exact) mass is 389 g/mol. The number of para-hydroxylation sites is 1. The summed E-state index contributed by atoms with van der Waals surface area (Å²) in [5.41, 5.74) is 3.50. The van der Waals surface area contributed by atoms with Gasteiger partial charge >= 0.3 is 0 Å². The Morgan fingerprint density at radius 2 is 1.83 bits per heavy atom. The molecule has 2 heterocycles. The highest BCUT2D eigenvalue weighted by molar-refractivity contribution is 6.10. The van der Waals surface area contributed by atoms with Crippen molar-refractivity contribution in [3.05, 3.63) is 65.2 Å². The van der Waals surface area contributed by atoms with Gasteiger partial charge in [-0.2, -0.15) is 0 Å². The van der Waals surface area contributed by atoms with Crippen molar-refractivity contribution in [2.24, 2.45) is 0 Å². The summed E-state index contributed by atoms with van der Waals surface area (Å²) >= 11 is 0. The molecule has 6 heteroatoms. The molecule has 3 aliphatic rings. The number of amides is 3. The molecule has 0 radical (unpaired) electrons. The van der Waals surface area contributed by atoms with Gasteiger partial charge in [0, 0.05) is 18.5 Å². The van der Waals surface area contributed by atoms with E-state index in [0.717, 1.165) is 12.8 Å². The third-order valence-electron chi connectivity index (χ3n) is 6.54. The molecule has 2 aromatic carbocycles. The van der Waals surface area contributed by atoms with Crippen LogP contribution < -0.4 is 10.6 Å². The van der Waals surface area contributed by atoms with Gasteiger partial charge in [0.2, 0.25) is 11.8 Å². The van der Waals surface area contributed by atoms with Crippen LogP contribution >= 0.6 is 0 Å². The van der Waals surface area contributed by atoms with Crippen molar-refractivity contribution in [1.82, 2.24) is 10.2 Å². The number of carbonyl (C=O) groups is 3. The summed E-state index contributed by atoms with van der Waals surface area (Å²) in [5, 5.41) is 5.50. The lowest BCUT2D eigenvalue weighted by Gasteiger charge is -2.50. The van der Waals surface area contributed by atoms with E-state index in [1.54, 1.807) is 24.3 Å². The van der Waals surface area contributed by atoms with Crippen LogP contribution in [-0.4, -0.2) is 35.2 Å². The number of rotatable bonds is 2. The van der Waals surface area contributed by atoms with Gasteiger partial charge in [0.15, 0.2) is 0 Å². The largest absolute Gasteiger partial charge is 0.340 e. The number of hydrogen-bond acceptors (Lipinski definition) is 3. The zero-order valence-corrected chi connectivity index (χ0v) is 16.1. The minimum atomic E-state index is -0.878. The number of nitrogens with one attached hydrogen (secondary N) is 2. The SMILES string of the molecule is O=C1N[C@@H](CC(=O)N2Cc3ccccc3C3(CCC3)C2)C(=O)Nc2ccccc21. The minimum absolute atomic E-state index is 0.0379. The zero-order chi connectivity index (χ0) is 20.0. The van der Waals surface area contributed by atoms with Crippen LogP contribution in [0.25, 0.3) is 0 Å². The second kappa shape index (κ2) is 6.72. The summed E-state index contributed by atoms with van der Waals surface area (Å²) < 4.78 is 0. The van der Waals surface area contributed by atoms with Crippen molar-refractivity contribution in [2.45, 2.75) is 43.7 Å². The maximum absolute atomic E-state index is 13.1. The summed E-state index contributed by atoms with van der Waals surface area (Å²) in [6, 6.07) is 14.3. The number of anilines is 1. The average molecular weight is 389 g/mol. The molecule has 1 aliphatic carbocycles. The fraction of sp³-hybridized carbons (Fsp3) is 0.348. The molecule has 148 valence electrons. The van der Waals surface area contributed by atoms with Gasteiger partial charge in [-0.05, 0) is 36.1 Å². The Kier molecular flexibility index (Phi) is 4.15. The van der Waals surface area contributed by atoms with Crippen LogP contribution in [0.2, 0.25) is 0 Å². The number of fused-ring (bicyclic) bond motifs is 3. The molecular weight excluding hydrogens is 366 g/mol. The fourth-order valence-corrected chi connectivity index (χ4v) is 4.85. The van der Waals surface area contributed by atoms with Crippen LogP contribution in [0.4, 0.5) is 5.69 Å². The molecule has 0 aromatic heterocycles. The van der Waals surface area contributed by atoms with E-state index in [4.69, 9.17) is 0 Å². The van der Waals surface area contributed by atoms with Gasteiger partial charge in [0.25, 0.3) is 5.91 Å². The Hall–Kier alpha value is -3.15. The van der Waals surface area contributed by atoms with Crippen molar-refractivity contribution in [1.29, 1.82) is 0 Å². The maximum atomic E-state index is 13.1. The first kappa shape index (κ1) is 17.9. The van der Waals surface area contributed by atoms with Crippen molar-refractivity contribution < 1.29 is 14.4 Å². The van der Waals surface area contributed by atoms with E-state index in [-0.39, 0.29) is 29.6 Å². The maximum Gasteiger partial charge on any atom is 0.254 e. The molecule has 2 aromatic rings. The lowest BCUT2D eigenvalue weighted by molar-refractivity contribution is -0.136. The predicted octanol–water partition coefficient (Wildman–Crippen LogP) is 2.59. The van der Waals surface area contributed by atoms with E-state index in [2.05, 4.69) is 28.8 Å². The Labute approximate surface area is 169 Å². The van der Waals surface area contributed by atoms with Crippen LogP contribution in [0.15, 0.2) is 48.5 Å². The van der Waals surface area contributed by atoms with Crippen LogP contribution in [0.3, 0.4) is 0 Å². The molecule has 29 heavy (non-hydrogen) atoms. The summed E-state index contributed by atoms with van der Waals surface area (Å²) in [4.78, 5) is 40.1. The first-order valence-corrected chi connectivity index (χ1v) is 10.1. The van der Waals surface area contributed by atoms with Gasteiger partial charge in [0.05, 0.1) is 17.7 Å². The van der Waals surface area contributed by atoms with Gasteiger partial charge in [-0.15, -0.1) is 0 Å². The third-order valence-corrected chi connectivity index (χ3v) is 6.54. The topological polar surface area (TPSA) is 78.5 Å². The van der Waals surface area contributed by atoms with Gasteiger partial charge < -0.3 is 15.5 Å². The van der Waals surface area contributed by atoms with E-state index in [0.29, 0.717) is 24.3 Å². The van der Waals surface area contributed by atoms with E-state index < -0.39 is 6.04 Å². The van der Waals surface area contributed by atoms with Gasteiger partial charge in [-0.1, -0.05) is 42.8 Å². The minimum Gasteiger partial charge on any atom is -0.340 e. The zero-order valence-electron chi connectivity index (χ0n) is 16.1. The fourth-order valence-electron chi connectivity index (χ4n) is 4.85. The summed E-state index contributed by atoms with van der Waals surface area (Å²) in [5.74, 6) is -0.791. The first-order chi connectivity index (χ1) is 14.1. The van der Waals surface area contributed by atoms with Crippen LogP contribution in [0.5, 0.6) is 0 Å². The highest BCUT2D eigenvalue weighted by atomic mass is 16.2. The van der Waals surface area contributed by atoms with Crippen molar-refractivity contribution in [3.8, 4) is 0 Å². The number of benzene rings is 2. The van der Waals surface area contributed by atoms with Crippen LogP contribution in [0.1, 0.15) is 47.2 Å². The van der Waals surface area contributed by atoms with Crippen molar-refractivity contribution in [2.75, 3.05) is 11.9 Å². The molecular formula is C23H23N3O3. The predicted molar refractivity (Wildman–Crippen MR) is 108 cm³/mol. The van der Waals surface area contributed by atoms with Crippen molar-refractivity contribution in [3.63, 3.8) is 0 Å². The number of carbonyl (C=O) groups excluding carboxylic acids is 3. The first-order valence-electron chi connectivity index (χ1n) is 10.1. The molecule has 5 rings (SSSR count). The number of nitrogens with zero attached hydrogens (tertiary/aromatic N) is 1. The third kappa shape index (κ3) is 2.99. The quantitative estimate of drug-likeness (QED) is 0.829. The summed E-state index contributed by atoms with van der Waals surface area (Å²) in [6.07, 6.45) is 3.31.